The summed E-state index contributed by atoms with van der Waals surface area (Å²) >= 11 is 0. The lowest BCUT2D eigenvalue weighted by atomic mass is 9.95. The molecule has 36 heavy (non-hydrogen) atoms. The van der Waals surface area contributed by atoms with Crippen LogP contribution in [0.15, 0.2) is 120 Å². The van der Waals surface area contributed by atoms with Gasteiger partial charge >= 0.3 is 0 Å². The molecule has 0 aliphatic rings. The Balaban J connectivity index is 1.53. The fraction of sp³-hybridized carbons (Fsp3) is 0.0333. The van der Waals surface area contributed by atoms with Gasteiger partial charge in [0.2, 0.25) is 0 Å². The van der Waals surface area contributed by atoms with E-state index in [1.165, 1.54) is 4.68 Å². The molecule has 0 unspecified atom stereocenters. The van der Waals surface area contributed by atoms with E-state index in [0.717, 1.165) is 22.5 Å². The first-order valence-electron chi connectivity index (χ1n) is 11.6. The van der Waals surface area contributed by atoms with Crippen molar-refractivity contribution in [1.29, 1.82) is 0 Å². The summed E-state index contributed by atoms with van der Waals surface area (Å²) in [6, 6.07) is 36.1. The van der Waals surface area contributed by atoms with E-state index in [4.69, 9.17) is 0 Å². The van der Waals surface area contributed by atoms with Gasteiger partial charge in [0, 0.05) is 35.2 Å². The summed E-state index contributed by atoms with van der Waals surface area (Å²) < 4.78 is 1.22. The average molecular weight is 473 g/mol. The van der Waals surface area contributed by atoms with E-state index in [1.807, 2.05) is 103 Å². The molecule has 176 valence electrons. The van der Waals surface area contributed by atoms with Gasteiger partial charge in [0.25, 0.3) is 11.5 Å². The van der Waals surface area contributed by atoms with Crippen molar-refractivity contribution in [2.75, 3.05) is 10.6 Å². The number of hydrogen-bond donors (Lipinski definition) is 2. The average Bonchev–Trinajstić information content (AvgIpc) is 2.92. The van der Waals surface area contributed by atoms with Crippen molar-refractivity contribution in [3.8, 4) is 22.4 Å². The first kappa shape index (κ1) is 22.8. The Morgan fingerprint density at radius 3 is 1.78 bits per heavy atom. The van der Waals surface area contributed by atoms with Crippen molar-refractivity contribution < 1.29 is 4.79 Å². The summed E-state index contributed by atoms with van der Waals surface area (Å²) in [7, 11) is 1.56. The van der Waals surface area contributed by atoms with E-state index in [-0.39, 0.29) is 5.56 Å². The molecule has 5 rings (SSSR count). The van der Waals surface area contributed by atoms with Crippen LogP contribution in [0, 0.1) is 0 Å². The number of hydrogen-bond acceptors (Lipinski definition) is 4. The van der Waals surface area contributed by atoms with Crippen LogP contribution in [-0.4, -0.2) is 15.7 Å². The minimum atomic E-state index is -0.488. The molecule has 0 atom stereocenters. The normalized spacial score (nSPS) is 10.6. The monoisotopic (exact) mass is 472 g/mol. The lowest BCUT2D eigenvalue weighted by Gasteiger charge is -2.16. The Bertz CT molecular complexity index is 1550. The fourth-order valence-electron chi connectivity index (χ4n) is 4.05. The van der Waals surface area contributed by atoms with Gasteiger partial charge in [-0.2, -0.15) is 5.10 Å². The molecule has 0 aliphatic carbocycles. The minimum absolute atomic E-state index is 0.0454. The van der Waals surface area contributed by atoms with Gasteiger partial charge in [0.05, 0.1) is 5.69 Å². The van der Waals surface area contributed by atoms with Crippen LogP contribution in [0.5, 0.6) is 0 Å². The van der Waals surface area contributed by atoms with E-state index in [0.29, 0.717) is 16.9 Å². The molecule has 6 heteroatoms. The highest BCUT2D eigenvalue weighted by molar-refractivity contribution is 6.10. The Hall–Kier alpha value is -4.97. The minimum Gasteiger partial charge on any atom is -0.356 e. The maximum absolute atomic E-state index is 13.6. The van der Waals surface area contributed by atoms with E-state index >= 15 is 0 Å². The number of anilines is 3. The third kappa shape index (κ3) is 4.79. The topological polar surface area (TPSA) is 76.0 Å². The van der Waals surface area contributed by atoms with Crippen LogP contribution in [0.3, 0.4) is 0 Å². The van der Waals surface area contributed by atoms with Crippen LogP contribution < -0.4 is 16.2 Å². The standard InChI is InChI=1S/C30H24N4O2/c1-34-30(36)27(26(21-11-5-2-6-12-21)28(33-34)22-13-7-3-8-14-22)29(35)32-25-19-17-24(18-20-25)31-23-15-9-4-10-16-23/h2-20,31H,1H3,(H,32,35). The quantitative estimate of drug-likeness (QED) is 0.313. The predicted molar refractivity (Wildman–Crippen MR) is 144 cm³/mol. The van der Waals surface area contributed by atoms with Crippen molar-refractivity contribution in [3.63, 3.8) is 0 Å². The largest absolute Gasteiger partial charge is 0.356 e. The number of nitrogens with one attached hydrogen (secondary N) is 2. The van der Waals surface area contributed by atoms with E-state index in [1.54, 1.807) is 19.2 Å². The molecule has 0 saturated carbocycles. The number of carbonyl (C=O) groups excluding carboxylic acids is 1. The van der Waals surface area contributed by atoms with Crippen molar-refractivity contribution >= 4 is 23.0 Å². The Kier molecular flexibility index (Phi) is 6.40. The number of benzene rings is 4. The van der Waals surface area contributed by atoms with Crippen molar-refractivity contribution in [2.45, 2.75) is 0 Å². The van der Waals surface area contributed by atoms with Gasteiger partial charge in [0.1, 0.15) is 5.56 Å². The van der Waals surface area contributed by atoms with Crippen molar-refractivity contribution in [1.82, 2.24) is 9.78 Å². The zero-order valence-electron chi connectivity index (χ0n) is 19.7. The maximum atomic E-state index is 13.6. The third-order valence-corrected chi connectivity index (χ3v) is 5.79. The molecule has 1 heterocycles. The maximum Gasteiger partial charge on any atom is 0.280 e. The van der Waals surface area contributed by atoms with Gasteiger partial charge in [-0.15, -0.1) is 0 Å². The van der Waals surface area contributed by atoms with Gasteiger partial charge in [0.15, 0.2) is 0 Å². The molecular formula is C30H24N4O2. The molecule has 4 aromatic carbocycles. The summed E-state index contributed by atoms with van der Waals surface area (Å²) in [6.45, 7) is 0. The SMILES string of the molecule is Cn1nc(-c2ccccc2)c(-c2ccccc2)c(C(=O)Nc2ccc(Nc3ccccc3)cc2)c1=O. The smallest absolute Gasteiger partial charge is 0.280 e. The molecular weight excluding hydrogens is 448 g/mol. The zero-order valence-corrected chi connectivity index (χ0v) is 19.7. The van der Waals surface area contributed by atoms with Gasteiger partial charge in [-0.25, -0.2) is 4.68 Å². The molecule has 1 amide bonds. The van der Waals surface area contributed by atoms with Crippen LogP contribution in [0.25, 0.3) is 22.4 Å². The number of rotatable bonds is 6. The highest BCUT2D eigenvalue weighted by Gasteiger charge is 2.24. The molecule has 5 aromatic rings. The molecule has 0 radical (unpaired) electrons. The summed E-state index contributed by atoms with van der Waals surface area (Å²) in [5.41, 5.74) is 4.65. The molecule has 1 aromatic heterocycles. The van der Waals surface area contributed by atoms with Crippen LogP contribution in [0.4, 0.5) is 17.1 Å². The van der Waals surface area contributed by atoms with Gasteiger partial charge < -0.3 is 10.6 Å². The highest BCUT2D eigenvalue weighted by Crippen LogP contribution is 2.32. The summed E-state index contributed by atoms with van der Waals surface area (Å²) in [5.74, 6) is -0.488. The number of amides is 1. The molecule has 0 bridgehead atoms. The number of carbonyl (C=O) groups is 1. The van der Waals surface area contributed by atoms with Gasteiger partial charge in [-0.1, -0.05) is 78.9 Å². The summed E-state index contributed by atoms with van der Waals surface area (Å²) in [5, 5.41) is 10.7. The van der Waals surface area contributed by atoms with Crippen LogP contribution >= 0.6 is 0 Å². The van der Waals surface area contributed by atoms with E-state index in [9.17, 15) is 9.59 Å². The second-order valence-electron chi connectivity index (χ2n) is 8.28. The van der Waals surface area contributed by atoms with Crippen LogP contribution in [-0.2, 0) is 7.05 Å². The van der Waals surface area contributed by atoms with Crippen molar-refractivity contribution in [3.05, 3.63) is 131 Å². The number of aryl methyl sites for hydroxylation is 1. The second kappa shape index (κ2) is 10.1. The van der Waals surface area contributed by atoms with E-state index in [2.05, 4.69) is 15.7 Å². The number of aromatic nitrogens is 2. The van der Waals surface area contributed by atoms with Crippen LogP contribution in [0.1, 0.15) is 10.4 Å². The Morgan fingerprint density at radius 1 is 0.667 bits per heavy atom. The Labute approximate surface area is 208 Å². The molecule has 0 aliphatic heterocycles. The Morgan fingerprint density at radius 2 is 1.17 bits per heavy atom. The predicted octanol–water partition coefficient (Wildman–Crippen LogP) is 6.11. The van der Waals surface area contributed by atoms with Crippen LogP contribution in [0.2, 0.25) is 0 Å². The molecule has 0 spiro atoms. The lowest BCUT2D eigenvalue weighted by Crippen LogP contribution is -2.31. The van der Waals surface area contributed by atoms with E-state index < -0.39 is 11.5 Å². The number of para-hydroxylation sites is 1. The zero-order chi connectivity index (χ0) is 24.9. The molecule has 0 fully saturated rings. The third-order valence-electron chi connectivity index (χ3n) is 5.79. The highest BCUT2D eigenvalue weighted by atomic mass is 16.2. The van der Waals surface area contributed by atoms with Crippen molar-refractivity contribution in [2.24, 2.45) is 7.05 Å². The number of nitrogens with zero attached hydrogens (tertiary/aromatic N) is 2. The molecule has 6 nitrogen and oxygen atoms in total. The summed E-state index contributed by atoms with van der Waals surface area (Å²) in [6.07, 6.45) is 0. The first-order chi connectivity index (χ1) is 17.6. The second-order valence-corrected chi connectivity index (χ2v) is 8.28. The van der Waals surface area contributed by atoms with Gasteiger partial charge in [-0.3, -0.25) is 9.59 Å². The summed E-state index contributed by atoms with van der Waals surface area (Å²) in [4.78, 5) is 26.8. The molecule has 2 N–H and O–H groups in total. The molecule has 0 saturated heterocycles. The lowest BCUT2D eigenvalue weighted by molar-refractivity contribution is 0.102. The fourth-order valence-corrected chi connectivity index (χ4v) is 4.05. The van der Waals surface area contributed by atoms with Gasteiger partial charge in [-0.05, 0) is 42.0 Å². The first-order valence-corrected chi connectivity index (χ1v) is 11.6.